The second kappa shape index (κ2) is 5.45. The van der Waals surface area contributed by atoms with Crippen LogP contribution in [0.2, 0.25) is 0 Å². The van der Waals surface area contributed by atoms with Gasteiger partial charge in [0.2, 0.25) is 5.91 Å². The summed E-state index contributed by atoms with van der Waals surface area (Å²) in [7, 11) is 0. The van der Waals surface area contributed by atoms with E-state index in [9.17, 15) is 19.5 Å². The molecule has 4 aliphatic carbocycles. The molecule has 5 unspecified atom stereocenters. The minimum Gasteiger partial charge on any atom is -0.393 e. The van der Waals surface area contributed by atoms with E-state index in [-0.39, 0.29) is 29.2 Å². The van der Waals surface area contributed by atoms with Crippen LogP contribution in [0.1, 0.15) is 39.0 Å². The van der Waals surface area contributed by atoms with Crippen LogP contribution in [0.5, 0.6) is 0 Å². The van der Waals surface area contributed by atoms with Gasteiger partial charge in [-0.2, -0.15) is 0 Å². The molecular formula is C17H24N4O4. The third-order valence-electron chi connectivity index (χ3n) is 6.49. The van der Waals surface area contributed by atoms with Gasteiger partial charge < -0.3 is 16.2 Å². The van der Waals surface area contributed by atoms with E-state index in [2.05, 4.69) is 10.3 Å². The second-order valence-corrected chi connectivity index (χ2v) is 7.88. The largest absolute Gasteiger partial charge is 0.393 e. The van der Waals surface area contributed by atoms with Crippen LogP contribution in [0, 0.1) is 23.2 Å². The fraction of sp³-hybridized carbons (Fsp3) is 0.706. The number of carbonyl (C=O) groups is 1. The zero-order valence-electron chi connectivity index (χ0n) is 14.2. The monoisotopic (exact) mass is 348 g/mol. The normalized spacial score (nSPS) is 35.3. The fourth-order valence-electron chi connectivity index (χ4n) is 5.53. The van der Waals surface area contributed by atoms with Crippen molar-refractivity contribution in [3.05, 3.63) is 20.8 Å². The fourth-order valence-corrected chi connectivity index (χ4v) is 5.53. The molecule has 5 rings (SSSR count). The summed E-state index contributed by atoms with van der Waals surface area (Å²) in [5.41, 5.74) is 4.06. The van der Waals surface area contributed by atoms with Crippen LogP contribution in [0.3, 0.4) is 0 Å². The van der Waals surface area contributed by atoms with Gasteiger partial charge in [-0.05, 0) is 49.9 Å². The third-order valence-corrected chi connectivity index (χ3v) is 6.49. The molecule has 4 saturated carbocycles. The second-order valence-electron chi connectivity index (χ2n) is 7.88. The first-order chi connectivity index (χ1) is 11.9. The highest BCUT2D eigenvalue weighted by Crippen LogP contribution is 2.65. The van der Waals surface area contributed by atoms with Crippen LogP contribution < -0.4 is 22.3 Å². The highest BCUT2D eigenvalue weighted by atomic mass is 16.3. The predicted octanol–water partition coefficient (Wildman–Crippen LogP) is 0.264. The molecule has 4 aliphatic rings. The number of nitrogens with one attached hydrogen (secondary N) is 2. The van der Waals surface area contributed by atoms with Crippen molar-refractivity contribution in [2.75, 3.05) is 11.1 Å². The number of aromatic nitrogens is 2. The van der Waals surface area contributed by atoms with Crippen molar-refractivity contribution in [1.82, 2.24) is 9.55 Å². The van der Waals surface area contributed by atoms with Gasteiger partial charge in [-0.1, -0.05) is 6.92 Å². The van der Waals surface area contributed by atoms with Gasteiger partial charge in [0.1, 0.15) is 11.5 Å². The maximum Gasteiger partial charge on any atom is 0.330 e. The molecule has 1 aromatic heterocycles. The average molecular weight is 348 g/mol. The number of amides is 1. The summed E-state index contributed by atoms with van der Waals surface area (Å²) in [5, 5.41) is 13.1. The number of rotatable bonds is 4. The number of H-pyrrole nitrogens is 1. The molecule has 0 radical (unpaired) electrons. The van der Waals surface area contributed by atoms with Gasteiger partial charge in [0.25, 0.3) is 5.56 Å². The summed E-state index contributed by atoms with van der Waals surface area (Å²) in [4.78, 5) is 39.4. The number of nitrogen functional groups attached to an aromatic ring is 1. The summed E-state index contributed by atoms with van der Waals surface area (Å²) in [6, 6.07) is 0. The molecule has 0 aromatic carbocycles. The molecule has 0 aliphatic heterocycles. The molecule has 5 atom stereocenters. The van der Waals surface area contributed by atoms with Gasteiger partial charge in [0, 0.05) is 6.54 Å². The lowest BCUT2D eigenvalue weighted by atomic mass is 9.75. The van der Waals surface area contributed by atoms with Crippen LogP contribution >= 0.6 is 0 Å². The number of aliphatic hydroxyl groups is 1. The van der Waals surface area contributed by atoms with Crippen molar-refractivity contribution in [1.29, 1.82) is 0 Å². The topological polar surface area (TPSA) is 130 Å². The van der Waals surface area contributed by atoms with Crippen molar-refractivity contribution < 1.29 is 9.90 Å². The van der Waals surface area contributed by atoms with Crippen LogP contribution in [-0.4, -0.2) is 26.7 Å². The number of aliphatic hydroxyl groups excluding tert-OH is 1. The van der Waals surface area contributed by atoms with E-state index in [1.165, 1.54) is 4.57 Å². The summed E-state index contributed by atoms with van der Waals surface area (Å²) >= 11 is 0. The molecule has 1 aromatic rings. The van der Waals surface area contributed by atoms with E-state index in [0.29, 0.717) is 25.3 Å². The van der Waals surface area contributed by atoms with Gasteiger partial charge in [-0.15, -0.1) is 0 Å². The van der Waals surface area contributed by atoms with E-state index in [0.717, 1.165) is 19.3 Å². The number of nitrogens with two attached hydrogens (primary N) is 1. The predicted molar refractivity (Wildman–Crippen MR) is 92.0 cm³/mol. The SMILES string of the molecule is CCCn1c(N)c(NC(=O)C23CC4CC(C2)C(O)C3C4)c(=O)[nH]c1=O. The lowest BCUT2D eigenvalue weighted by Gasteiger charge is -2.31. The highest BCUT2D eigenvalue weighted by Gasteiger charge is 2.65. The molecule has 0 saturated heterocycles. The van der Waals surface area contributed by atoms with Gasteiger partial charge >= 0.3 is 5.69 Å². The number of aromatic amines is 1. The van der Waals surface area contributed by atoms with Crippen molar-refractivity contribution in [3.63, 3.8) is 0 Å². The molecule has 1 amide bonds. The molecule has 4 fully saturated rings. The van der Waals surface area contributed by atoms with Gasteiger partial charge in [-0.3, -0.25) is 19.1 Å². The smallest absolute Gasteiger partial charge is 0.330 e. The Bertz CT molecular complexity index is 844. The number of nitrogens with zero attached hydrogens (tertiary/aromatic N) is 1. The zero-order valence-corrected chi connectivity index (χ0v) is 14.2. The number of hydrogen-bond acceptors (Lipinski definition) is 5. The Morgan fingerprint density at radius 1 is 1.40 bits per heavy atom. The lowest BCUT2D eigenvalue weighted by Crippen LogP contribution is -2.41. The van der Waals surface area contributed by atoms with Crippen LogP contribution in [-0.2, 0) is 11.3 Å². The van der Waals surface area contributed by atoms with Crippen LogP contribution in [0.15, 0.2) is 9.59 Å². The van der Waals surface area contributed by atoms with E-state index in [1.807, 2.05) is 6.92 Å². The van der Waals surface area contributed by atoms with Gasteiger partial charge in [-0.25, -0.2) is 4.79 Å². The minimum atomic E-state index is -0.683. The summed E-state index contributed by atoms with van der Waals surface area (Å²) in [5.74, 6) is 0.340. The Balaban J connectivity index is 1.68. The molecule has 25 heavy (non-hydrogen) atoms. The Kier molecular flexibility index (Phi) is 3.57. The first kappa shape index (κ1) is 16.4. The molecule has 8 heteroatoms. The minimum absolute atomic E-state index is 0.0152. The summed E-state index contributed by atoms with van der Waals surface area (Å²) in [6.45, 7) is 2.25. The molecule has 136 valence electrons. The van der Waals surface area contributed by atoms with Crippen LogP contribution in [0.25, 0.3) is 0 Å². The Morgan fingerprint density at radius 3 is 2.88 bits per heavy atom. The molecule has 4 bridgehead atoms. The van der Waals surface area contributed by atoms with Gasteiger partial charge in [0.15, 0.2) is 0 Å². The van der Waals surface area contributed by atoms with Crippen molar-refractivity contribution >= 4 is 17.4 Å². The van der Waals surface area contributed by atoms with Crippen molar-refractivity contribution in [2.24, 2.45) is 23.2 Å². The Labute approximate surface area is 144 Å². The summed E-state index contributed by atoms with van der Waals surface area (Å²) in [6.07, 6.45) is 3.50. The first-order valence-corrected chi connectivity index (χ1v) is 8.99. The molecule has 8 nitrogen and oxygen atoms in total. The highest BCUT2D eigenvalue weighted by molar-refractivity contribution is 5.98. The maximum atomic E-state index is 13.1. The van der Waals surface area contributed by atoms with Crippen LogP contribution in [0.4, 0.5) is 11.5 Å². The Hall–Kier alpha value is -2.09. The average Bonchev–Trinajstić information content (AvgIpc) is 2.94. The van der Waals surface area contributed by atoms with E-state index in [1.54, 1.807) is 0 Å². The molecule has 5 N–H and O–H groups in total. The van der Waals surface area contributed by atoms with E-state index in [4.69, 9.17) is 5.73 Å². The van der Waals surface area contributed by atoms with E-state index < -0.39 is 22.8 Å². The number of anilines is 2. The zero-order chi connectivity index (χ0) is 17.9. The maximum absolute atomic E-state index is 13.1. The third kappa shape index (κ3) is 2.19. The van der Waals surface area contributed by atoms with Gasteiger partial charge in [0.05, 0.1) is 11.5 Å². The lowest BCUT2D eigenvalue weighted by molar-refractivity contribution is -0.127. The van der Waals surface area contributed by atoms with E-state index >= 15 is 0 Å². The molecule has 1 heterocycles. The number of hydrogen-bond donors (Lipinski definition) is 4. The summed E-state index contributed by atoms with van der Waals surface area (Å²) < 4.78 is 1.27. The number of carbonyl (C=O) groups excluding carboxylic acids is 1. The molecular weight excluding hydrogens is 324 g/mol. The first-order valence-electron chi connectivity index (χ1n) is 8.99. The quantitative estimate of drug-likeness (QED) is 0.620. The van der Waals surface area contributed by atoms with Crippen molar-refractivity contribution in [3.8, 4) is 0 Å². The Morgan fingerprint density at radius 2 is 2.16 bits per heavy atom. The standard InChI is InChI=1S/C17H24N4O4/c1-2-3-21-13(18)11(14(23)20-16(21)25)19-15(24)17-6-8-4-9(7-17)12(22)10(17)5-8/h8-10,12,22H,2-7,18H2,1H3,(H,19,24)(H,20,23,25). The van der Waals surface area contributed by atoms with Crippen molar-refractivity contribution in [2.45, 2.75) is 51.7 Å². The molecule has 0 spiro atoms.